The fourth-order valence-corrected chi connectivity index (χ4v) is 6.23. The molecule has 5 rings (SSSR count). The zero-order valence-electron chi connectivity index (χ0n) is 22.0. The highest BCUT2D eigenvalue weighted by Gasteiger charge is 2.41. The van der Waals surface area contributed by atoms with Crippen LogP contribution in [0.1, 0.15) is 57.1 Å². The molecule has 1 aromatic heterocycles. The first-order valence-electron chi connectivity index (χ1n) is 12.9. The number of piperidine rings is 1. The van der Waals surface area contributed by atoms with Crippen LogP contribution >= 0.6 is 0 Å². The topological polar surface area (TPSA) is 112 Å². The first-order chi connectivity index (χ1) is 18.0. The highest BCUT2D eigenvalue weighted by atomic mass is 32.2. The summed E-state index contributed by atoms with van der Waals surface area (Å²) in [7, 11) is -3.45. The SMILES string of the molecule is CC(C)(C)OC(=O)N1CCC2(CCc3cc(-c4noc(CS(=O)(=O)Cc5ccccc5)n4)ccc3O2)CC1. The van der Waals surface area contributed by atoms with Gasteiger partial charge in [-0.25, -0.2) is 13.2 Å². The molecule has 10 heteroatoms. The molecule has 2 aliphatic heterocycles. The molecule has 0 radical (unpaired) electrons. The van der Waals surface area contributed by atoms with Crippen LogP contribution in [0.5, 0.6) is 5.75 Å². The first kappa shape index (κ1) is 26.2. The zero-order valence-corrected chi connectivity index (χ0v) is 22.8. The second kappa shape index (κ2) is 10.1. The molecule has 3 heterocycles. The minimum atomic E-state index is -3.45. The predicted octanol–water partition coefficient (Wildman–Crippen LogP) is 4.95. The van der Waals surface area contributed by atoms with Crippen LogP contribution in [-0.4, -0.2) is 53.8 Å². The average molecular weight is 540 g/mol. The number of ether oxygens (including phenoxy) is 2. The molecule has 2 aliphatic rings. The lowest BCUT2D eigenvalue weighted by Crippen LogP contribution is -2.52. The summed E-state index contributed by atoms with van der Waals surface area (Å²) in [6.07, 6.45) is 2.89. The van der Waals surface area contributed by atoms with Crippen LogP contribution < -0.4 is 4.74 Å². The van der Waals surface area contributed by atoms with Crippen molar-refractivity contribution in [2.24, 2.45) is 0 Å². The van der Waals surface area contributed by atoms with Gasteiger partial charge in [0, 0.05) is 31.5 Å². The maximum atomic E-state index is 12.6. The summed E-state index contributed by atoms with van der Waals surface area (Å²) in [6.45, 7) is 6.81. The minimum Gasteiger partial charge on any atom is -0.487 e. The Morgan fingerprint density at radius 2 is 1.79 bits per heavy atom. The molecule has 1 saturated heterocycles. The van der Waals surface area contributed by atoms with E-state index in [-0.39, 0.29) is 29.1 Å². The number of benzene rings is 2. The molecule has 0 bridgehead atoms. The Morgan fingerprint density at radius 3 is 2.50 bits per heavy atom. The molecule has 1 fully saturated rings. The van der Waals surface area contributed by atoms with Gasteiger partial charge in [-0.15, -0.1) is 0 Å². The van der Waals surface area contributed by atoms with E-state index in [2.05, 4.69) is 10.1 Å². The van der Waals surface area contributed by atoms with Gasteiger partial charge >= 0.3 is 6.09 Å². The van der Waals surface area contributed by atoms with E-state index in [4.69, 9.17) is 14.0 Å². The lowest BCUT2D eigenvalue weighted by atomic mass is 9.83. The number of aromatic nitrogens is 2. The van der Waals surface area contributed by atoms with Crippen molar-refractivity contribution in [3.63, 3.8) is 0 Å². The van der Waals surface area contributed by atoms with Crippen molar-refractivity contribution in [2.45, 2.75) is 69.2 Å². The van der Waals surface area contributed by atoms with E-state index in [0.29, 0.717) is 18.9 Å². The molecular weight excluding hydrogens is 506 g/mol. The quantitative estimate of drug-likeness (QED) is 0.448. The summed E-state index contributed by atoms with van der Waals surface area (Å²) in [5.41, 5.74) is 1.71. The summed E-state index contributed by atoms with van der Waals surface area (Å²) >= 11 is 0. The summed E-state index contributed by atoms with van der Waals surface area (Å²) in [6, 6.07) is 14.8. The van der Waals surface area contributed by atoms with E-state index in [1.807, 2.05) is 57.2 Å². The van der Waals surface area contributed by atoms with Gasteiger partial charge in [0.05, 0.1) is 5.75 Å². The number of carbonyl (C=O) groups is 1. The van der Waals surface area contributed by atoms with Gasteiger partial charge in [-0.05, 0) is 62.9 Å². The van der Waals surface area contributed by atoms with Gasteiger partial charge in [0.2, 0.25) is 11.7 Å². The zero-order chi connectivity index (χ0) is 27.0. The third-order valence-electron chi connectivity index (χ3n) is 6.86. The Hall–Kier alpha value is -3.40. The lowest BCUT2D eigenvalue weighted by molar-refractivity contribution is -0.0272. The third-order valence-corrected chi connectivity index (χ3v) is 8.32. The van der Waals surface area contributed by atoms with Gasteiger partial charge < -0.3 is 18.9 Å². The minimum absolute atomic E-state index is 0.0700. The monoisotopic (exact) mass is 539 g/mol. The molecule has 1 spiro atoms. The third kappa shape index (κ3) is 6.18. The molecule has 0 N–H and O–H groups in total. The molecule has 9 nitrogen and oxygen atoms in total. The van der Waals surface area contributed by atoms with Crippen molar-refractivity contribution in [3.05, 3.63) is 65.5 Å². The number of hydrogen-bond donors (Lipinski definition) is 0. The number of hydrogen-bond acceptors (Lipinski definition) is 8. The van der Waals surface area contributed by atoms with Crippen LogP contribution in [0.2, 0.25) is 0 Å². The van der Waals surface area contributed by atoms with Gasteiger partial charge in [-0.2, -0.15) is 4.98 Å². The van der Waals surface area contributed by atoms with Crippen molar-refractivity contribution in [3.8, 4) is 17.1 Å². The van der Waals surface area contributed by atoms with Crippen molar-refractivity contribution in [1.29, 1.82) is 0 Å². The van der Waals surface area contributed by atoms with E-state index in [1.165, 1.54) is 0 Å². The first-order valence-corrected chi connectivity index (χ1v) is 14.7. The summed E-state index contributed by atoms with van der Waals surface area (Å²) in [4.78, 5) is 18.5. The molecule has 3 aromatic rings. The fourth-order valence-electron chi connectivity index (χ4n) is 4.93. The molecular formula is C28H33N3O6S. The predicted molar refractivity (Wildman–Crippen MR) is 141 cm³/mol. The second-order valence-electron chi connectivity index (χ2n) is 11.1. The number of carbonyl (C=O) groups excluding carboxylic acids is 1. The Labute approximate surface area is 223 Å². The van der Waals surface area contributed by atoms with E-state index < -0.39 is 15.4 Å². The van der Waals surface area contributed by atoms with Crippen LogP contribution in [0.3, 0.4) is 0 Å². The number of nitrogens with zero attached hydrogens (tertiary/aromatic N) is 3. The number of amides is 1. The van der Waals surface area contributed by atoms with Crippen LogP contribution in [0.15, 0.2) is 53.1 Å². The molecule has 0 atom stereocenters. The number of fused-ring (bicyclic) bond motifs is 1. The van der Waals surface area contributed by atoms with E-state index in [9.17, 15) is 13.2 Å². The lowest BCUT2D eigenvalue weighted by Gasteiger charge is -2.44. The van der Waals surface area contributed by atoms with Crippen LogP contribution in [0, 0.1) is 0 Å². The average Bonchev–Trinajstić information content (AvgIpc) is 3.31. The van der Waals surface area contributed by atoms with Crippen LogP contribution in [-0.2, 0) is 32.5 Å². The highest BCUT2D eigenvalue weighted by molar-refractivity contribution is 7.89. The molecule has 0 unspecified atom stereocenters. The van der Waals surface area contributed by atoms with Crippen LogP contribution in [0.4, 0.5) is 4.79 Å². The number of sulfone groups is 1. The molecule has 0 aliphatic carbocycles. The Bertz CT molecular complexity index is 1400. The van der Waals surface area contributed by atoms with Gasteiger partial charge in [-0.3, -0.25) is 0 Å². The summed E-state index contributed by atoms with van der Waals surface area (Å²) in [5, 5.41) is 4.02. The number of likely N-dealkylation sites (tertiary alicyclic amines) is 1. The van der Waals surface area contributed by atoms with Crippen molar-refractivity contribution >= 4 is 15.9 Å². The molecule has 38 heavy (non-hydrogen) atoms. The Morgan fingerprint density at radius 1 is 1.05 bits per heavy atom. The van der Waals surface area contributed by atoms with Crippen molar-refractivity contribution in [1.82, 2.24) is 15.0 Å². The van der Waals surface area contributed by atoms with Gasteiger partial charge in [0.1, 0.15) is 22.7 Å². The maximum absolute atomic E-state index is 12.6. The molecule has 2 aromatic carbocycles. The van der Waals surface area contributed by atoms with Gasteiger partial charge in [-0.1, -0.05) is 35.5 Å². The fraction of sp³-hybridized carbons (Fsp3) is 0.464. The van der Waals surface area contributed by atoms with E-state index in [1.54, 1.807) is 17.0 Å². The molecule has 0 saturated carbocycles. The van der Waals surface area contributed by atoms with E-state index >= 15 is 0 Å². The maximum Gasteiger partial charge on any atom is 0.410 e. The molecule has 202 valence electrons. The molecule has 1 amide bonds. The number of aryl methyl sites for hydroxylation is 1. The Kier molecular flexibility index (Phi) is 6.94. The highest BCUT2D eigenvalue weighted by Crippen LogP contribution is 2.40. The van der Waals surface area contributed by atoms with Crippen LogP contribution in [0.25, 0.3) is 11.4 Å². The van der Waals surface area contributed by atoms with Crippen molar-refractivity contribution < 1.29 is 27.2 Å². The van der Waals surface area contributed by atoms with Gasteiger partial charge in [0.25, 0.3) is 0 Å². The number of rotatable bonds is 5. The second-order valence-corrected chi connectivity index (χ2v) is 13.2. The standard InChI is InChI=1S/C28H33N3O6S/c1-27(2,3)36-26(32)31-15-13-28(14-16-31)12-11-21-17-22(9-10-23(21)35-28)25-29-24(37-30-25)19-38(33,34)18-20-7-5-4-6-8-20/h4-10,17H,11-16,18-19H2,1-3H3. The normalized spacial score (nSPS) is 17.1. The Balaban J connectivity index is 1.22. The summed E-state index contributed by atoms with van der Waals surface area (Å²) in [5.74, 6) is 0.842. The largest absolute Gasteiger partial charge is 0.487 e. The summed E-state index contributed by atoms with van der Waals surface area (Å²) < 4.78 is 42.5. The van der Waals surface area contributed by atoms with Gasteiger partial charge in [0.15, 0.2) is 9.84 Å². The van der Waals surface area contributed by atoms with Crippen molar-refractivity contribution in [2.75, 3.05) is 13.1 Å². The smallest absolute Gasteiger partial charge is 0.410 e. The van der Waals surface area contributed by atoms with E-state index in [0.717, 1.165) is 48.1 Å².